The van der Waals surface area contributed by atoms with E-state index in [4.69, 9.17) is 0 Å². The van der Waals surface area contributed by atoms with Gasteiger partial charge in [0.15, 0.2) is 5.82 Å². The molecule has 1 aromatic carbocycles. The molecule has 3 heterocycles. The Balaban J connectivity index is 1.51. The lowest BCUT2D eigenvalue weighted by atomic mass is 10.0. The molecule has 0 saturated carbocycles. The van der Waals surface area contributed by atoms with Crippen LogP contribution >= 0.6 is 0 Å². The quantitative estimate of drug-likeness (QED) is 0.287. The van der Waals surface area contributed by atoms with Gasteiger partial charge in [-0.1, -0.05) is 0 Å². The first kappa shape index (κ1) is 28.8. The van der Waals surface area contributed by atoms with E-state index in [0.717, 1.165) is 16.8 Å². The van der Waals surface area contributed by atoms with Gasteiger partial charge in [0, 0.05) is 36.6 Å². The van der Waals surface area contributed by atoms with Gasteiger partial charge in [0.1, 0.15) is 23.2 Å². The second-order valence-corrected chi connectivity index (χ2v) is 9.82. The molecule has 8 nitrogen and oxygen atoms in total. The van der Waals surface area contributed by atoms with Crippen LogP contribution < -0.4 is 16.4 Å². The number of hydrogen-bond acceptors (Lipinski definition) is 6. The Kier molecular flexibility index (Phi) is 7.72. The van der Waals surface area contributed by atoms with E-state index >= 15 is 0 Å². The van der Waals surface area contributed by atoms with E-state index in [0.29, 0.717) is 5.39 Å². The van der Waals surface area contributed by atoms with Gasteiger partial charge in [0.2, 0.25) is 0 Å². The van der Waals surface area contributed by atoms with E-state index < -0.39 is 58.8 Å². The van der Waals surface area contributed by atoms with E-state index in [2.05, 4.69) is 20.4 Å². The summed E-state index contributed by atoms with van der Waals surface area (Å²) in [5.74, 6) is -0.817. The average molecular weight is 567 g/mol. The molecule has 0 aliphatic rings. The molecular formula is C26H24F6N6O2. The zero-order chi connectivity index (χ0) is 29.4. The highest BCUT2D eigenvalue weighted by molar-refractivity contribution is 5.86. The number of nitrogens with zero attached hydrogens (tertiary/aromatic N) is 4. The third kappa shape index (κ3) is 6.15. The summed E-state index contributed by atoms with van der Waals surface area (Å²) in [7, 11) is 0. The first-order valence-electron chi connectivity index (χ1n) is 12.0. The minimum Gasteiger partial charge on any atom is -0.381 e. The van der Waals surface area contributed by atoms with Crippen LogP contribution in [-0.2, 0) is 18.4 Å². The highest BCUT2D eigenvalue weighted by Gasteiger charge is 2.37. The number of H-pyrrole nitrogens is 1. The number of hydrogen-bond donors (Lipinski definition) is 2. The Morgan fingerprint density at radius 2 is 1.75 bits per heavy atom. The molecular weight excluding hydrogens is 542 g/mol. The Morgan fingerprint density at radius 3 is 2.38 bits per heavy atom. The standard InChI is InChI=1S/C26H24F6N6O2/c1-13(36-20-11-35-37-23(39)21(20)26(30,31)32)6-16(27)12-38-5-4-14-7-18(19(28)8-17(14)24(38)40)22-33-9-15(10-34-22)25(2,3)29/h4-5,7-11,13,16H,6,12H2,1-3H3,(H2,36,37,39)/t13-,16-/m0/s1. The molecule has 0 aliphatic carbocycles. The summed E-state index contributed by atoms with van der Waals surface area (Å²) in [5, 5.41) is 7.82. The maximum atomic E-state index is 14.9. The summed E-state index contributed by atoms with van der Waals surface area (Å²) in [5.41, 5.74) is -5.69. The van der Waals surface area contributed by atoms with Gasteiger partial charge in [-0.2, -0.15) is 18.3 Å². The molecule has 2 N–H and O–H groups in total. The number of nitrogens with one attached hydrogen (secondary N) is 2. The van der Waals surface area contributed by atoms with E-state index in [-0.39, 0.29) is 28.8 Å². The molecule has 0 unspecified atom stereocenters. The lowest BCUT2D eigenvalue weighted by Crippen LogP contribution is -2.30. The van der Waals surface area contributed by atoms with Gasteiger partial charge in [-0.25, -0.2) is 28.2 Å². The molecule has 4 aromatic rings. The van der Waals surface area contributed by atoms with Crippen LogP contribution in [-0.4, -0.2) is 36.9 Å². The van der Waals surface area contributed by atoms with Gasteiger partial charge in [0.05, 0.1) is 29.4 Å². The smallest absolute Gasteiger partial charge is 0.381 e. The van der Waals surface area contributed by atoms with Crippen LogP contribution in [0, 0.1) is 5.82 Å². The molecule has 0 spiro atoms. The normalized spacial score (nSPS) is 13.8. The second kappa shape index (κ2) is 10.7. The van der Waals surface area contributed by atoms with Crippen molar-refractivity contribution in [3.63, 3.8) is 0 Å². The summed E-state index contributed by atoms with van der Waals surface area (Å²) in [6, 6.07) is 2.95. The van der Waals surface area contributed by atoms with Crippen LogP contribution in [0.5, 0.6) is 0 Å². The van der Waals surface area contributed by atoms with Crippen molar-refractivity contribution < 1.29 is 26.3 Å². The molecule has 0 bridgehead atoms. The zero-order valence-electron chi connectivity index (χ0n) is 21.5. The highest BCUT2D eigenvalue weighted by Crippen LogP contribution is 2.32. The fraction of sp³-hybridized carbons (Fsp3) is 0.346. The molecule has 0 fully saturated rings. The highest BCUT2D eigenvalue weighted by atomic mass is 19.4. The van der Waals surface area contributed by atoms with Crippen LogP contribution in [0.15, 0.2) is 52.6 Å². The van der Waals surface area contributed by atoms with Gasteiger partial charge in [-0.05, 0) is 44.4 Å². The van der Waals surface area contributed by atoms with Crippen molar-refractivity contribution in [3.8, 4) is 11.4 Å². The van der Waals surface area contributed by atoms with Crippen LogP contribution in [0.4, 0.5) is 32.0 Å². The minimum absolute atomic E-state index is 0.00817. The third-order valence-electron chi connectivity index (χ3n) is 6.19. The number of pyridine rings is 1. The Morgan fingerprint density at radius 1 is 1.07 bits per heavy atom. The van der Waals surface area contributed by atoms with E-state index in [1.54, 1.807) is 5.10 Å². The molecule has 0 amide bonds. The summed E-state index contributed by atoms with van der Waals surface area (Å²) in [6.07, 6.45) is -2.36. The number of anilines is 1. The number of fused-ring (bicyclic) bond motifs is 1. The summed E-state index contributed by atoms with van der Waals surface area (Å²) in [4.78, 5) is 32.6. The monoisotopic (exact) mass is 566 g/mol. The van der Waals surface area contributed by atoms with Gasteiger partial charge >= 0.3 is 6.18 Å². The summed E-state index contributed by atoms with van der Waals surface area (Å²) < 4.78 is 84.7. The number of aromatic amines is 1. The van der Waals surface area contributed by atoms with Crippen LogP contribution in [0.2, 0.25) is 0 Å². The minimum atomic E-state index is -4.96. The Labute approximate surface area is 223 Å². The molecule has 0 saturated heterocycles. The molecule has 14 heteroatoms. The fourth-order valence-corrected chi connectivity index (χ4v) is 4.18. The maximum Gasteiger partial charge on any atom is 0.423 e. The second-order valence-electron chi connectivity index (χ2n) is 9.82. The number of rotatable bonds is 8. The molecule has 2 atom stereocenters. The van der Waals surface area contributed by atoms with Crippen molar-refractivity contribution in [1.82, 2.24) is 24.7 Å². The first-order valence-corrected chi connectivity index (χ1v) is 12.0. The Bertz CT molecular complexity index is 1640. The van der Waals surface area contributed by atoms with Crippen molar-refractivity contribution in [2.24, 2.45) is 0 Å². The van der Waals surface area contributed by atoms with Gasteiger partial charge < -0.3 is 9.88 Å². The fourth-order valence-electron chi connectivity index (χ4n) is 4.18. The summed E-state index contributed by atoms with van der Waals surface area (Å²) in [6.45, 7) is 3.63. The third-order valence-corrected chi connectivity index (χ3v) is 6.19. The van der Waals surface area contributed by atoms with Crippen molar-refractivity contribution in [1.29, 1.82) is 0 Å². The van der Waals surface area contributed by atoms with Crippen LogP contribution in [0.25, 0.3) is 22.2 Å². The average Bonchev–Trinajstić information content (AvgIpc) is 2.84. The summed E-state index contributed by atoms with van der Waals surface area (Å²) >= 11 is 0. The molecule has 0 aliphatic heterocycles. The number of aromatic nitrogens is 5. The van der Waals surface area contributed by atoms with Crippen LogP contribution in [0.3, 0.4) is 0 Å². The topological polar surface area (TPSA) is 106 Å². The number of benzene rings is 1. The predicted molar refractivity (Wildman–Crippen MR) is 136 cm³/mol. The zero-order valence-corrected chi connectivity index (χ0v) is 21.5. The maximum absolute atomic E-state index is 14.9. The number of halogens is 6. The SMILES string of the molecule is C[C@@H](C[C@H](F)Cn1ccc2cc(-c3ncc(C(C)(C)F)cn3)c(F)cc2c1=O)Nc1cn[nH]c(=O)c1C(F)(F)F. The van der Waals surface area contributed by atoms with Crippen molar-refractivity contribution in [2.75, 3.05) is 5.32 Å². The lowest BCUT2D eigenvalue weighted by molar-refractivity contribution is -0.138. The van der Waals surface area contributed by atoms with E-state index in [1.165, 1.54) is 51.5 Å². The first-order chi connectivity index (χ1) is 18.6. The van der Waals surface area contributed by atoms with Gasteiger partial charge in [0.25, 0.3) is 11.1 Å². The number of alkyl halides is 5. The van der Waals surface area contributed by atoms with Gasteiger partial charge in [-0.15, -0.1) is 0 Å². The van der Waals surface area contributed by atoms with E-state index in [1.807, 2.05) is 0 Å². The van der Waals surface area contributed by atoms with Gasteiger partial charge in [-0.3, -0.25) is 9.59 Å². The largest absolute Gasteiger partial charge is 0.423 e. The van der Waals surface area contributed by atoms with Crippen molar-refractivity contribution >= 4 is 16.5 Å². The van der Waals surface area contributed by atoms with Crippen molar-refractivity contribution in [2.45, 2.75) is 57.8 Å². The van der Waals surface area contributed by atoms with Crippen molar-refractivity contribution in [3.05, 3.63) is 80.6 Å². The Hall–Kier alpha value is -4.23. The predicted octanol–water partition coefficient (Wildman–Crippen LogP) is 5.13. The molecule has 40 heavy (non-hydrogen) atoms. The molecule has 212 valence electrons. The van der Waals surface area contributed by atoms with E-state index in [9.17, 15) is 35.9 Å². The molecule has 0 radical (unpaired) electrons. The van der Waals surface area contributed by atoms with Crippen LogP contribution in [0.1, 0.15) is 38.3 Å². The molecule has 3 aromatic heterocycles. The molecule has 4 rings (SSSR count). The lowest BCUT2D eigenvalue weighted by Gasteiger charge is -2.20.